The van der Waals surface area contributed by atoms with E-state index >= 15 is 0 Å². The van der Waals surface area contributed by atoms with Crippen LogP contribution in [0.4, 0.5) is 0 Å². The SMILES string of the molecule is CCN(C1CCC(COC(=O)c2cnc3ccc(OC)cc3c2)CC1)C(C1=CC=CCC1)C1=COC=CO1. The van der Waals surface area contributed by atoms with Crippen LogP contribution in [0.15, 0.2) is 78.8 Å². The molecule has 0 bridgehead atoms. The molecule has 1 saturated carbocycles. The zero-order valence-corrected chi connectivity index (χ0v) is 22.2. The molecule has 200 valence electrons. The van der Waals surface area contributed by atoms with Crippen LogP contribution in [0.25, 0.3) is 10.9 Å². The lowest BCUT2D eigenvalue weighted by molar-refractivity contribution is 0.0346. The van der Waals surface area contributed by atoms with Crippen LogP contribution in [0.3, 0.4) is 0 Å². The van der Waals surface area contributed by atoms with Crippen LogP contribution in [-0.4, -0.2) is 48.2 Å². The zero-order chi connectivity index (χ0) is 26.3. The summed E-state index contributed by atoms with van der Waals surface area (Å²) in [7, 11) is 1.62. The maximum atomic E-state index is 12.8. The van der Waals surface area contributed by atoms with Crippen molar-refractivity contribution in [1.29, 1.82) is 0 Å². The average Bonchev–Trinajstić information content (AvgIpc) is 2.99. The van der Waals surface area contributed by atoms with Crippen LogP contribution in [0.5, 0.6) is 5.75 Å². The van der Waals surface area contributed by atoms with Crippen molar-refractivity contribution >= 4 is 16.9 Å². The number of carbonyl (C=O) groups is 1. The first kappa shape index (κ1) is 26.0. The standard InChI is InChI=1S/C31H36N2O5/c1-3-33(30(23-7-5-4-6-8-23)29-21-36-15-16-37-29)26-11-9-22(10-12-26)20-38-31(34)25-17-24-18-27(35-2)13-14-28(24)32-19-25/h4-5,7,13-19,21-22,26,30H,3,6,8-12,20H2,1-2H3. The topological polar surface area (TPSA) is 70.1 Å². The normalized spacial score (nSPS) is 21.8. The van der Waals surface area contributed by atoms with Gasteiger partial charge in [0.1, 0.15) is 24.5 Å². The van der Waals surface area contributed by atoms with Gasteiger partial charge in [-0.25, -0.2) is 4.79 Å². The van der Waals surface area contributed by atoms with Crippen LogP contribution in [0.2, 0.25) is 0 Å². The zero-order valence-electron chi connectivity index (χ0n) is 22.2. The van der Waals surface area contributed by atoms with Gasteiger partial charge in [-0.2, -0.15) is 0 Å². The molecule has 1 unspecified atom stereocenters. The molecule has 1 atom stereocenters. The highest BCUT2D eigenvalue weighted by atomic mass is 16.5. The molecule has 0 saturated heterocycles. The van der Waals surface area contributed by atoms with Crippen molar-refractivity contribution in [3.63, 3.8) is 0 Å². The molecule has 0 spiro atoms. The van der Waals surface area contributed by atoms with Gasteiger partial charge < -0.3 is 18.9 Å². The lowest BCUT2D eigenvalue weighted by Gasteiger charge is -2.42. The Bertz CT molecular complexity index is 1260. The van der Waals surface area contributed by atoms with Gasteiger partial charge in [-0.3, -0.25) is 9.88 Å². The van der Waals surface area contributed by atoms with E-state index in [1.807, 2.05) is 24.3 Å². The largest absolute Gasteiger partial charge is 0.497 e. The highest BCUT2D eigenvalue weighted by Gasteiger charge is 2.35. The number of methoxy groups -OCH3 is 1. The van der Waals surface area contributed by atoms with Crippen molar-refractivity contribution in [3.05, 3.63) is 84.4 Å². The molecule has 38 heavy (non-hydrogen) atoms. The minimum atomic E-state index is -0.327. The van der Waals surface area contributed by atoms with Crippen molar-refractivity contribution in [2.45, 2.75) is 57.5 Å². The van der Waals surface area contributed by atoms with Crippen molar-refractivity contribution in [2.24, 2.45) is 5.92 Å². The van der Waals surface area contributed by atoms with Gasteiger partial charge >= 0.3 is 5.97 Å². The number of rotatable bonds is 9. The average molecular weight is 517 g/mol. The molecule has 5 rings (SSSR count). The van der Waals surface area contributed by atoms with Gasteiger partial charge in [0.15, 0.2) is 5.76 Å². The second kappa shape index (κ2) is 12.3. The Morgan fingerprint density at radius 2 is 2.05 bits per heavy atom. The summed E-state index contributed by atoms with van der Waals surface area (Å²) in [6, 6.07) is 7.93. The van der Waals surface area contributed by atoms with E-state index in [0.717, 1.165) is 67.5 Å². The molecule has 1 fully saturated rings. The van der Waals surface area contributed by atoms with Crippen LogP contribution >= 0.6 is 0 Å². The molecule has 1 aromatic heterocycles. The fraction of sp³-hybridized carbons (Fsp3) is 0.419. The van der Waals surface area contributed by atoms with Gasteiger partial charge in [-0.15, -0.1) is 0 Å². The first-order valence-corrected chi connectivity index (χ1v) is 13.6. The summed E-state index contributed by atoms with van der Waals surface area (Å²) in [6.07, 6.45) is 19.3. The van der Waals surface area contributed by atoms with Gasteiger partial charge in [0.05, 0.1) is 30.8 Å². The number of benzene rings is 1. The number of pyridine rings is 1. The summed E-state index contributed by atoms with van der Waals surface area (Å²) in [5.41, 5.74) is 2.64. The van der Waals surface area contributed by atoms with Gasteiger partial charge in [0, 0.05) is 17.6 Å². The number of fused-ring (bicyclic) bond motifs is 1. The Hall–Kier alpha value is -3.58. The minimum absolute atomic E-state index is 0.0632. The first-order valence-electron chi connectivity index (χ1n) is 13.6. The number of allylic oxidation sites excluding steroid dienone is 3. The number of hydrogen-bond donors (Lipinski definition) is 0. The van der Waals surface area contributed by atoms with E-state index in [9.17, 15) is 4.79 Å². The Labute approximate surface area is 224 Å². The minimum Gasteiger partial charge on any atom is -0.497 e. The van der Waals surface area contributed by atoms with E-state index in [-0.39, 0.29) is 12.0 Å². The van der Waals surface area contributed by atoms with Crippen molar-refractivity contribution in [2.75, 3.05) is 20.3 Å². The molecule has 2 aromatic rings. The quantitative estimate of drug-likeness (QED) is 0.363. The molecule has 2 aliphatic carbocycles. The number of aromatic nitrogens is 1. The molecule has 0 amide bonds. The fourth-order valence-electron chi connectivity index (χ4n) is 5.73. The maximum absolute atomic E-state index is 12.8. The van der Waals surface area contributed by atoms with E-state index < -0.39 is 0 Å². The molecule has 0 N–H and O–H groups in total. The van der Waals surface area contributed by atoms with Gasteiger partial charge in [-0.1, -0.05) is 25.2 Å². The second-order valence-corrected chi connectivity index (χ2v) is 10.0. The second-order valence-electron chi connectivity index (χ2n) is 10.0. The molecule has 0 radical (unpaired) electrons. The lowest BCUT2D eigenvalue weighted by atomic mass is 9.84. The van der Waals surface area contributed by atoms with E-state index in [1.54, 1.807) is 32.1 Å². The predicted molar refractivity (Wildman–Crippen MR) is 146 cm³/mol. The molecule has 3 aliphatic rings. The summed E-state index contributed by atoms with van der Waals surface area (Å²) in [5.74, 6) is 1.60. The summed E-state index contributed by atoms with van der Waals surface area (Å²) >= 11 is 0. The first-order chi connectivity index (χ1) is 18.7. The number of carbonyl (C=O) groups excluding carboxylic acids is 1. The molecule has 2 heterocycles. The van der Waals surface area contributed by atoms with Crippen LogP contribution in [0.1, 0.15) is 55.8 Å². The molecular weight excluding hydrogens is 480 g/mol. The van der Waals surface area contributed by atoms with E-state index in [0.29, 0.717) is 24.1 Å². The molecule has 1 aromatic carbocycles. The van der Waals surface area contributed by atoms with E-state index in [1.165, 1.54) is 5.57 Å². The summed E-state index contributed by atoms with van der Waals surface area (Å²) in [6.45, 7) is 3.56. The fourth-order valence-corrected chi connectivity index (χ4v) is 5.73. The van der Waals surface area contributed by atoms with Gasteiger partial charge in [0.2, 0.25) is 0 Å². The lowest BCUT2D eigenvalue weighted by Crippen LogP contribution is -2.47. The number of esters is 1. The molecular formula is C31H36N2O5. The predicted octanol–water partition coefficient (Wildman–Crippen LogP) is 6.29. The third kappa shape index (κ3) is 5.94. The number of hydrogen-bond acceptors (Lipinski definition) is 7. The number of ether oxygens (including phenoxy) is 4. The van der Waals surface area contributed by atoms with E-state index in [4.69, 9.17) is 18.9 Å². The molecule has 7 heteroatoms. The van der Waals surface area contributed by atoms with Crippen LogP contribution in [-0.2, 0) is 14.2 Å². The summed E-state index contributed by atoms with van der Waals surface area (Å²) < 4.78 is 22.4. The van der Waals surface area contributed by atoms with Crippen molar-refractivity contribution in [1.82, 2.24) is 9.88 Å². The smallest absolute Gasteiger partial charge is 0.339 e. The van der Waals surface area contributed by atoms with Crippen LogP contribution in [0, 0.1) is 5.92 Å². The highest BCUT2D eigenvalue weighted by Crippen LogP contribution is 2.35. The monoisotopic (exact) mass is 516 g/mol. The Balaban J connectivity index is 1.19. The highest BCUT2D eigenvalue weighted by molar-refractivity contribution is 5.93. The van der Waals surface area contributed by atoms with E-state index in [2.05, 4.69) is 35.0 Å². The Kier molecular flexibility index (Phi) is 8.44. The Morgan fingerprint density at radius 3 is 2.76 bits per heavy atom. The maximum Gasteiger partial charge on any atom is 0.339 e. The number of nitrogens with zero attached hydrogens (tertiary/aromatic N) is 2. The summed E-state index contributed by atoms with van der Waals surface area (Å²) in [5, 5.41) is 0.857. The molecule has 1 aliphatic heterocycles. The van der Waals surface area contributed by atoms with Crippen molar-refractivity contribution in [3.8, 4) is 5.75 Å². The van der Waals surface area contributed by atoms with Crippen LogP contribution < -0.4 is 4.74 Å². The van der Waals surface area contributed by atoms with Gasteiger partial charge in [0.25, 0.3) is 0 Å². The third-order valence-corrected chi connectivity index (χ3v) is 7.75. The summed E-state index contributed by atoms with van der Waals surface area (Å²) in [4.78, 5) is 19.8. The van der Waals surface area contributed by atoms with Crippen molar-refractivity contribution < 1.29 is 23.7 Å². The molecule has 7 nitrogen and oxygen atoms in total. The van der Waals surface area contributed by atoms with Gasteiger partial charge in [-0.05, 0) is 80.8 Å². The Morgan fingerprint density at radius 1 is 1.18 bits per heavy atom. The third-order valence-electron chi connectivity index (χ3n) is 7.75. The number of likely N-dealkylation sites (N-methyl/N-ethyl adjacent to an activating group) is 1.